The fraction of sp³-hybridized carbons (Fsp3) is 0.258. The number of carbonyl (C=O) groups excluding carboxylic acids is 1. The van der Waals surface area contributed by atoms with Crippen LogP contribution in [0.25, 0.3) is 5.69 Å². The molecule has 1 aliphatic rings. The largest absolute Gasteiger partial charge is 0.495 e. The number of hydrogen-bond acceptors (Lipinski definition) is 5. The number of benzene rings is 2. The van der Waals surface area contributed by atoms with E-state index in [1.165, 1.54) is 6.92 Å². The van der Waals surface area contributed by atoms with E-state index in [-0.39, 0.29) is 18.0 Å². The molecule has 2 aromatic heterocycles. The fourth-order valence-corrected chi connectivity index (χ4v) is 5.81. The van der Waals surface area contributed by atoms with Crippen molar-refractivity contribution < 1.29 is 9.53 Å². The number of aryl methyl sites for hydroxylation is 1. The van der Waals surface area contributed by atoms with Gasteiger partial charge in [-0.3, -0.25) is 9.78 Å². The summed E-state index contributed by atoms with van der Waals surface area (Å²) in [6.07, 6.45) is 1.80. The Balaban J connectivity index is 1.65. The van der Waals surface area contributed by atoms with Gasteiger partial charge in [-0.15, -0.1) is 0 Å². The molecule has 2 N–H and O–H groups in total. The van der Waals surface area contributed by atoms with Crippen LogP contribution in [0.4, 0.5) is 17.1 Å². The van der Waals surface area contributed by atoms with Crippen LogP contribution in [0, 0.1) is 13.8 Å². The summed E-state index contributed by atoms with van der Waals surface area (Å²) in [5.74, 6) is 0.401. The molecule has 0 unspecified atom stereocenters. The maximum Gasteiger partial charge on any atom is 0.221 e. The number of anilines is 3. The van der Waals surface area contributed by atoms with E-state index >= 15 is 0 Å². The van der Waals surface area contributed by atoms with Crippen LogP contribution in [-0.2, 0) is 4.79 Å². The van der Waals surface area contributed by atoms with Gasteiger partial charge in [-0.1, -0.05) is 6.07 Å². The highest BCUT2D eigenvalue weighted by atomic mass is 32.1. The first-order chi connectivity index (χ1) is 19.2. The predicted molar refractivity (Wildman–Crippen MR) is 165 cm³/mol. The Morgan fingerprint density at radius 2 is 1.77 bits per heavy atom. The van der Waals surface area contributed by atoms with Crippen LogP contribution in [0.1, 0.15) is 41.7 Å². The molecular formula is C31H34N6O2S. The summed E-state index contributed by atoms with van der Waals surface area (Å²) >= 11 is 5.94. The van der Waals surface area contributed by atoms with Crippen LogP contribution in [0.2, 0.25) is 0 Å². The summed E-state index contributed by atoms with van der Waals surface area (Å²) < 4.78 is 7.78. The molecule has 1 fully saturated rings. The average Bonchev–Trinajstić information content (AvgIpc) is 3.43. The van der Waals surface area contributed by atoms with E-state index in [1.807, 2.05) is 50.5 Å². The third-order valence-electron chi connectivity index (χ3n) is 7.28. The SMILES string of the molecule is COc1ccc(N2C(=S)N[C@H](c3ccccn3)[C@@H]2c2cc(C)n(-c3ccc(N(C)C)cc3)c2C)cc1NC(C)=O. The average molecular weight is 555 g/mol. The molecule has 0 bridgehead atoms. The number of nitrogens with one attached hydrogen (secondary N) is 2. The standard InChI is InChI=1S/C31H34N6O2S/c1-19-17-25(20(2)36(19)23-12-10-22(11-13-23)35(4)5)30-29(26-9-7-8-16-32-26)34-31(40)37(30)24-14-15-28(39-6)27(18-24)33-21(3)38/h7-18,29-30H,1-6H3,(H,33,38)(H,34,40)/t29-,30+/m1/s1. The first-order valence-corrected chi connectivity index (χ1v) is 13.5. The van der Waals surface area contributed by atoms with Crippen molar-refractivity contribution in [3.8, 4) is 11.4 Å². The van der Waals surface area contributed by atoms with Gasteiger partial charge in [0.25, 0.3) is 0 Å². The summed E-state index contributed by atoms with van der Waals surface area (Å²) in [6.45, 7) is 5.75. The molecule has 9 heteroatoms. The number of pyridine rings is 1. The van der Waals surface area contributed by atoms with Crippen molar-refractivity contribution in [1.82, 2.24) is 14.9 Å². The molecule has 40 heavy (non-hydrogen) atoms. The fourth-order valence-electron chi connectivity index (χ4n) is 5.47. The Hall–Kier alpha value is -4.37. The van der Waals surface area contributed by atoms with Crippen molar-refractivity contribution in [1.29, 1.82) is 0 Å². The van der Waals surface area contributed by atoms with Crippen molar-refractivity contribution in [2.24, 2.45) is 0 Å². The van der Waals surface area contributed by atoms with Crippen LogP contribution >= 0.6 is 12.2 Å². The Morgan fingerprint density at radius 1 is 1.05 bits per heavy atom. The third kappa shape index (κ3) is 5.00. The smallest absolute Gasteiger partial charge is 0.221 e. The Labute approximate surface area is 240 Å². The highest BCUT2D eigenvalue weighted by molar-refractivity contribution is 7.80. The summed E-state index contributed by atoms with van der Waals surface area (Å²) in [4.78, 5) is 20.8. The third-order valence-corrected chi connectivity index (χ3v) is 7.60. The maximum absolute atomic E-state index is 11.9. The molecule has 3 heterocycles. The molecular weight excluding hydrogens is 520 g/mol. The van der Waals surface area contributed by atoms with Gasteiger partial charge >= 0.3 is 0 Å². The normalized spacial score (nSPS) is 16.6. The minimum absolute atomic E-state index is 0.177. The number of methoxy groups -OCH3 is 1. The first kappa shape index (κ1) is 27.2. The van der Waals surface area contributed by atoms with Gasteiger partial charge in [0.05, 0.1) is 30.6 Å². The van der Waals surface area contributed by atoms with Gasteiger partial charge in [0, 0.05) is 55.7 Å². The van der Waals surface area contributed by atoms with E-state index < -0.39 is 0 Å². The molecule has 2 aromatic carbocycles. The molecule has 0 aliphatic carbocycles. The number of carbonyl (C=O) groups is 1. The Kier molecular flexibility index (Phi) is 7.49. The maximum atomic E-state index is 11.9. The lowest BCUT2D eigenvalue weighted by molar-refractivity contribution is -0.114. The van der Waals surface area contributed by atoms with Crippen molar-refractivity contribution in [2.75, 3.05) is 36.3 Å². The first-order valence-electron chi connectivity index (χ1n) is 13.1. The topological polar surface area (TPSA) is 74.7 Å². The molecule has 1 aliphatic heterocycles. The van der Waals surface area contributed by atoms with Gasteiger partial charge in [-0.05, 0) is 92.3 Å². The zero-order valence-corrected chi connectivity index (χ0v) is 24.4. The predicted octanol–water partition coefficient (Wildman–Crippen LogP) is 5.70. The van der Waals surface area contributed by atoms with Crippen molar-refractivity contribution >= 4 is 40.3 Å². The number of nitrogens with zero attached hydrogens (tertiary/aromatic N) is 4. The quantitative estimate of drug-likeness (QED) is 0.284. The Bertz CT molecular complexity index is 1550. The number of hydrogen-bond donors (Lipinski definition) is 2. The van der Waals surface area contributed by atoms with Crippen LogP contribution < -0.4 is 25.2 Å². The molecule has 0 radical (unpaired) electrons. The van der Waals surface area contributed by atoms with E-state index in [4.69, 9.17) is 17.0 Å². The minimum atomic E-state index is -0.193. The van der Waals surface area contributed by atoms with Crippen molar-refractivity contribution in [3.05, 3.63) is 95.6 Å². The van der Waals surface area contributed by atoms with Gasteiger partial charge in [-0.25, -0.2) is 0 Å². The van der Waals surface area contributed by atoms with E-state index in [0.29, 0.717) is 16.5 Å². The lowest BCUT2D eigenvalue weighted by Gasteiger charge is -2.29. The summed E-state index contributed by atoms with van der Waals surface area (Å²) in [5, 5.41) is 7.00. The number of rotatable bonds is 7. The zero-order valence-electron chi connectivity index (χ0n) is 23.6. The van der Waals surface area contributed by atoms with Gasteiger partial charge in [0.2, 0.25) is 5.91 Å². The van der Waals surface area contributed by atoms with Crippen LogP contribution in [0.15, 0.2) is 72.9 Å². The van der Waals surface area contributed by atoms with Crippen LogP contribution in [0.5, 0.6) is 5.75 Å². The lowest BCUT2D eigenvalue weighted by Crippen LogP contribution is -2.29. The molecule has 2 atom stereocenters. The molecule has 8 nitrogen and oxygen atoms in total. The number of thiocarbonyl (C=S) groups is 1. The monoisotopic (exact) mass is 554 g/mol. The molecule has 206 valence electrons. The zero-order chi connectivity index (χ0) is 28.6. The molecule has 1 amide bonds. The summed E-state index contributed by atoms with van der Waals surface area (Å²) in [6, 6.07) is 22.0. The highest BCUT2D eigenvalue weighted by Gasteiger charge is 2.42. The number of amides is 1. The second kappa shape index (κ2) is 11.0. The van der Waals surface area contributed by atoms with E-state index in [2.05, 4.69) is 74.2 Å². The Morgan fingerprint density at radius 3 is 2.40 bits per heavy atom. The second-order valence-corrected chi connectivity index (χ2v) is 10.5. The van der Waals surface area contributed by atoms with E-state index in [1.54, 1.807) is 13.3 Å². The number of aromatic nitrogens is 2. The van der Waals surface area contributed by atoms with Crippen molar-refractivity contribution in [2.45, 2.75) is 32.9 Å². The van der Waals surface area contributed by atoms with E-state index in [0.717, 1.165) is 39.7 Å². The van der Waals surface area contributed by atoms with Gasteiger partial charge in [0.15, 0.2) is 5.11 Å². The second-order valence-electron chi connectivity index (χ2n) is 10.1. The number of ether oxygens (including phenoxy) is 1. The van der Waals surface area contributed by atoms with Gasteiger partial charge in [0.1, 0.15) is 5.75 Å². The molecule has 1 saturated heterocycles. The van der Waals surface area contributed by atoms with Gasteiger partial charge < -0.3 is 29.7 Å². The molecule has 4 aromatic rings. The van der Waals surface area contributed by atoms with Crippen molar-refractivity contribution in [3.63, 3.8) is 0 Å². The minimum Gasteiger partial charge on any atom is -0.495 e. The van der Waals surface area contributed by atoms with E-state index in [9.17, 15) is 4.79 Å². The summed E-state index contributed by atoms with van der Waals surface area (Å²) in [7, 11) is 5.67. The lowest BCUT2D eigenvalue weighted by atomic mass is 9.96. The highest BCUT2D eigenvalue weighted by Crippen LogP contribution is 2.45. The van der Waals surface area contributed by atoms with Crippen LogP contribution in [-0.4, -0.2) is 41.8 Å². The molecule has 0 spiro atoms. The summed E-state index contributed by atoms with van der Waals surface area (Å²) in [5.41, 5.74) is 7.94. The molecule has 5 rings (SSSR count). The van der Waals surface area contributed by atoms with Crippen LogP contribution in [0.3, 0.4) is 0 Å². The molecule has 0 saturated carbocycles. The van der Waals surface area contributed by atoms with Gasteiger partial charge in [-0.2, -0.15) is 0 Å².